The van der Waals surface area contributed by atoms with Gasteiger partial charge in [-0.25, -0.2) is 4.79 Å². The predicted molar refractivity (Wildman–Crippen MR) is 38.1 cm³/mol. The minimum atomic E-state index is -0.348. The minimum Gasteiger partial charge on any atom is -0.458 e. The van der Waals surface area contributed by atoms with Gasteiger partial charge < -0.3 is 9.47 Å². The van der Waals surface area contributed by atoms with Crippen molar-refractivity contribution in [3.05, 3.63) is 0 Å². The highest BCUT2D eigenvalue weighted by atomic mass is 16.7. The van der Waals surface area contributed by atoms with Gasteiger partial charge in [0, 0.05) is 6.42 Å². The van der Waals surface area contributed by atoms with E-state index >= 15 is 0 Å². The second kappa shape index (κ2) is 1.61. The van der Waals surface area contributed by atoms with Gasteiger partial charge in [-0.05, 0) is 20.8 Å². The molecule has 2 saturated heterocycles. The molecule has 0 aromatic carbocycles. The van der Waals surface area contributed by atoms with Crippen LogP contribution in [-0.4, -0.2) is 23.3 Å². The molecule has 0 radical (unpaired) electrons. The van der Waals surface area contributed by atoms with E-state index in [4.69, 9.17) is 9.47 Å². The molecule has 2 heterocycles. The number of cyclic esters (lactones) is 1. The quantitative estimate of drug-likeness (QED) is 0.386. The molecule has 2 fully saturated rings. The SMILES string of the molecule is CC1(C)CC2(C)OC2C(=O)O1. The van der Waals surface area contributed by atoms with E-state index < -0.39 is 0 Å². The summed E-state index contributed by atoms with van der Waals surface area (Å²) in [6.45, 7) is 5.78. The Kier molecular flexibility index (Phi) is 1.04. The standard InChI is InChI=1S/C8H12O3/c1-7(2)4-8(3)5(10-8)6(9)11-7/h5H,4H2,1-3H3. The number of ether oxygens (including phenoxy) is 2. The van der Waals surface area contributed by atoms with Crippen LogP contribution in [0.25, 0.3) is 0 Å². The smallest absolute Gasteiger partial charge is 0.338 e. The van der Waals surface area contributed by atoms with Crippen molar-refractivity contribution in [2.45, 2.75) is 44.5 Å². The molecule has 11 heavy (non-hydrogen) atoms. The third-order valence-corrected chi connectivity index (χ3v) is 2.25. The van der Waals surface area contributed by atoms with E-state index in [0.717, 1.165) is 6.42 Å². The van der Waals surface area contributed by atoms with E-state index in [1.807, 2.05) is 20.8 Å². The van der Waals surface area contributed by atoms with Crippen LogP contribution in [0.2, 0.25) is 0 Å². The molecule has 2 rings (SSSR count). The van der Waals surface area contributed by atoms with Crippen molar-refractivity contribution in [2.75, 3.05) is 0 Å². The summed E-state index contributed by atoms with van der Waals surface area (Å²) in [7, 11) is 0. The van der Waals surface area contributed by atoms with E-state index in [2.05, 4.69) is 0 Å². The molecule has 2 atom stereocenters. The van der Waals surface area contributed by atoms with E-state index in [1.54, 1.807) is 0 Å². The fourth-order valence-corrected chi connectivity index (χ4v) is 1.87. The van der Waals surface area contributed by atoms with Gasteiger partial charge in [0.1, 0.15) is 11.2 Å². The van der Waals surface area contributed by atoms with Crippen LogP contribution in [0, 0.1) is 0 Å². The molecule has 2 unspecified atom stereocenters. The molecular formula is C8H12O3. The van der Waals surface area contributed by atoms with Crippen LogP contribution < -0.4 is 0 Å². The van der Waals surface area contributed by atoms with Crippen molar-refractivity contribution in [3.63, 3.8) is 0 Å². The highest BCUT2D eigenvalue weighted by Gasteiger charge is 2.64. The van der Waals surface area contributed by atoms with Crippen molar-refractivity contribution in [1.82, 2.24) is 0 Å². The van der Waals surface area contributed by atoms with Gasteiger partial charge >= 0.3 is 5.97 Å². The Morgan fingerprint density at radius 2 is 2.09 bits per heavy atom. The molecule has 62 valence electrons. The third kappa shape index (κ3) is 0.948. The van der Waals surface area contributed by atoms with E-state index in [0.29, 0.717) is 0 Å². The monoisotopic (exact) mass is 156 g/mol. The lowest BCUT2D eigenvalue weighted by Crippen LogP contribution is -2.41. The summed E-state index contributed by atoms with van der Waals surface area (Å²) in [5, 5.41) is 0. The van der Waals surface area contributed by atoms with Crippen LogP contribution in [0.15, 0.2) is 0 Å². The van der Waals surface area contributed by atoms with Crippen LogP contribution in [0.4, 0.5) is 0 Å². The maximum absolute atomic E-state index is 11.1. The lowest BCUT2D eigenvalue weighted by molar-refractivity contribution is -0.161. The number of epoxide rings is 1. The van der Waals surface area contributed by atoms with Crippen LogP contribution >= 0.6 is 0 Å². The number of hydrogen-bond acceptors (Lipinski definition) is 3. The van der Waals surface area contributed by atoms with Gasteiger partial charge in [0.25, 0.3) is 0 Å². The van der Waals surface area contributed by atoms with Gasteiger partial charge in [-0.3, -0.25) is 0 Å². The zero-order chi connectivity index (χ0) is 8.28. The van der Waals surface area contributed by atoms with Gasteiger partial charge in [-0.1, -0.05) is 0 Å². The normalized spacial score (nSPS) is 46.1. The maximum Gasteiger partial charge on any atom is 0.338 e. The summed E-state index contributed by atoms with van der Waals surface area (Å²) in [6.07, 6.45) is 0.520. The van der Waals surface area contributed by atoms with Crippen LogP contribution in [0.5, 0.6) is 0 Å². The van der Waals surface area contributed by atoms with Gasteiger partial charge in [0.05, 0.1) is 0 Å². The molecule has 0 saturated carbocycles. The first-order valence-electron chi connectivity index (χ1n) is 3.84. The topological polar surface area (TPSA) is 38.8 Å². The molecule has 0 aromatic heterocycles. The van der Waals surface area contributed by atoms with Crippen molar-refractivity contribution in [1.29, 1.82) is 0 Å². The Morgan fingerprint density at radius 3 is 2.64 bits per heavy atom. The van der Waals surface area contributed by atoms with Gasteiger partial charge in [0.15, 0.2) is 6.10 Å². The Morgan fingerprint density at radius 1 is 1.45 bits per heavy atom. The van der Waals surface area contributed by atoms with Crippen molar-refractivity contribution < 1.29 is 14.3 Å². The van der Waals surface area contributed by atoms with Gasteiger partial charge in [0.2, 0.25) is 0 Å². The first kappa shape index (κ1) is 7.10. The van der Waals surface area contributed by atoms with Crippen LogP contribution in [0.3, 0.4) is 0 Å². The Bertz CT molecular complexity index is 219. The molecule has 0 aromatic rings. The highest BCUT2D eigenvalue weighted by molar-refractivity contribution is 5.80. The number of carbonyl (C=O) groups excluding carboxylic acids is 1. The van der Waals surface area contributed by atoms with E-state index in [9.17, 15) is 4.79 Å². The molecular weight excluding hydrogens is 144 g/mol. The van der Waals surface area contributed by atoms with Crippen molar-refractivity contribution in [3.8, 4) is 0 Å². The summed E-state index contributed by atoms with van der Waals surface area (Å²) in [5.41, 5.74) is -0.572. The molecule has 2 aliphatic heterocycles. The fraction of sp³-hybridized carbons (Fsp3) is 0.875. The Labute approximate surface area is 65.7 Å². The van der Waals surface area contributed by atoms with E-state index in [-0.39, 0.29) is 23.3 Å². The van der Waals surface area contributed by atoms with Crippen LogP contribution in [0.1, 0.15) is 27.2 Å². The van der Waals surface area contributed by atoms with Crippen molar-refractivity contribution in [2.24, 2.45) is 0 Å². The molecule has 0 spiro atoms. The molecule has 0 amide bonds. The number of esters is 1. The number of fused-ring (bicyclic) bond motifs is 1. The average Bonchev–Trinajstić information content (AvgIpc) is 2.36. The first-order chi connectivity index (χ1) is 4.93. The summed E-state index contributed by atoms with van der Waals surface area (Å²) in [6, 6.07) is 0. The maximum atomic E-state index is 11.1. The molecule has 0 bridgehead atoms. The molecule has 3 nitrogen and oxygen atoms in total. The van der Waals surface area contributed by atoms with E-state index in [1.165, 1.54) is 0 Å². The fourth-order valence-electron chi connectivity index (χ4n) is 1.87. The third-order valence-electron chi connectivity index (χ3n) is 2.25. The Balaban J connectivity index is 2.21. The largest absolute Gasteiger partial charge is 0.458 e. The summed E-state index contributed by atoms with van der Waals surface area (Å²) < 4.78 is 10.4. The van der Waals surface area contributed by atoms with Crippen molar-refractivity contribution >= 4 is 5.97 Å². The predicted octanol–water partition coefficient (Wildman–Crippen LogP) is 0.869. The first-order valence-corrected chi connectivity index (χ1v) is 3.84. The molecule has 3 heteroatoms. The summed E-state index contributed by atoms with van der Waals surface area (Å²) in [4.78, 5) is 11.1. The Hall–Kier alpha value is -0.570. The van der Waals surface area contributed by atoms with Crippen LogP contribution in [-0.2, 0) is 14.3 Å². The zero-order valence-corrected chi connectivity index (χ0v) is 7.01. The minimum absolute atomic E-state index is 0.205. The molecule has 0 N–H and O–H groups in total. The molecule has 2 aliphatic rings. The zero-order valence-electron chi connectivity index (χ0n) is 7.01. The average molecular weight is 156 g/mol. The lowest BCUT2D eigenvalue weighted by atomic mass is 9.89. The second-order valence-electron chi connectivity index (χ2n) is 4.17. The second-order valence-corrected chi connectivity index (χ2v) is 4.17. The van der Waals surface area contributed by atoms with Gasteiger partial charge in [-0.2, -0.15) is 0 Å². The number of carbonyl (C=O) groups is 1. The number of hydrogen-bond donors (Lipinski definition) is 0. The molecule has 0 aliphatic carbocycles. The lowest BCUT2D eigenvalue weighted by Gasteiger charge is -2.30. The highest BCUT2D eigenvalue weighted by Crippen LogP contribution is 2.48. The number of rotatable bonds is 0. The summed E-state index contributed by atoms with van der Waals surface area (Å²) >= 11 is 0. The van der Waals surface area contributed by atoms with Gasteiger partial charge in [-0.15, -0.1) is 0 Å². The summed E-state index contributed by atoms with van der Waals surface area (Å²) in [5.74, 6) is -0.205.